The Kier molecular flexibility index (Phi) is 5.81. The Labute approximate surface area is 164 Å². The molecule has 7 nitrogen and oxygen atoms in total. The van der Waals surface area contributed by atoms with Crippen LogP contribution in [0, 0.1) is 0 Å². The van der Waals surface area contributed by atoms with E-state index < -0.39 is 17.8 Å². The Hall–Kier alpha value is -1.99. The Morgan fingerprint density at radius 3 is 2.70 bits per heavy atom. The number of ether oxygens (including phenoxy) is 1. The van der Waals surface area contributed by atoms with Crippen molar-refractivity contribution in [3.8, 4) is 5.75 Å². The SMILES string of the molecule is COc1c(Cl)cccc1C1CCN(C(=O)CC[C@@]2(C)NC(=O)NC2O)CC1. The summed E-state index contributed by atoms with van der Waals surface area (Å²) in [5.41, 5.74) is 0.270. The number of para-hydroxylation sites is 1. The van der Waals surface area contributed by atoms with Crippen LogP contribution in [0.2, 0.25) is 5.02 Å². The van der Waals surface area contributed by atoms with E-state index in [4.69, 9.17) is 16.3 Å². The van der Waals surface area contributed by atoms with E-state index >= 15 is 0 Å². The number of aliphatic hydroxyl groups excluding tert-OH is 1. The molecule has 2 heterocycles. The van der Waals surface area contributed by atoms with Crippen LogP contribution >= 0.6 is 11.6 Å². The fourth-order valence-corrected chi connectivity index (χ4v) is 4.13. The van der Waals surface area contributed by atoms with E-state index in [9.17, 15) is 14.7 Å². The molecule has 3 N–H and O–H groups in total. The van der Waals surface area contributed by atoms with E-state index in [2.05, 4.69) is 10.6 Å². The molecule has 2 fully saturated rings. The number of carbonyl (C=O) groups is 2. The number of rotatable bonds is 5. The number of piperidine rings is 1. The van der Waals surface area contributed by atoms with Gasteiger partial charge < -0.3 is 25.4 Å². The molecule has 0 spiro atoms. The minimum Gasteiger partial charge on any atom is -0.495 e. The van der Waals surface area contributed by atoms with Gasteiger partial charge in [0, 0.05) is 19.5 Å². The molecule has 0 bridgehead atoms. The summed E-state index contributed by atoms with van der Waals surface area (Å²) in [4.78, 5) is 25.8. The normalized spacial score (nSPS) is 25.9. The number of hydrogen-bond acceptors (Lipinski definition) is 4. The number of halogens is 1. The van der Waals surface area contributed by atoms with Gasteiger partial charge in [-0.15, -0.1) is 0 Å². The molecule has 1 unspecified atom stereocenters. The number of likely N-dealkylation sites (tertiary alicyclic amines) is 1. The second-order valence-electron chi connectivity index (χ2n) is 7.44. The van der Waals surface area contributed by atoms with Gasteiger partial charge in [0.15, 0.2) is 6.23 Å². The van der Waals surface area contributed by atoms with Gasteiger partial charge in [0.25, 0.3) is 0 Å². The number of carbonyl (C=O) groups excluding carboxylic acids is 2. The Bertz CT molecular complexity index is 721. The maximum Gasteiger partial charge on any atom is 0.317 e. The highest BCUT2D eigenvalue weighted by atomic mass is 35.5. The monoisotopic (exact) mass is 395 g/mol. The molecule has 27 heavy (non-hydrogen) atoms. The fourth-order valence-electron chi connectivity index (χ4n) is 3.87. The molecule has 1 aromatic rings. The van der Waals surface area contributed by atoms with Crippen molar-refractivity contribution in [1.82, 2.24) is 15.5 Å². The van der Waals surface area contributed by atoms with Gasteiger partial charge in [-0.05, 0) is 43.7 Å². The van der Waals surface area contributed by atoms with Crippen molar-refractivity contribution in [2.45, 2.75) is 50.3 Å². The molecule has 1 aromatic carbocycles. The first-order valence-electron chi connectivity index (χ1n) is 9.21. The smallest absolute Gasteiger partial charge is 0.317 e. The number of methoxy groups -OCH3 is 1. The largest absolute Gasteiger partial charge is 0.495 e. The van der Waals surface area contributed by atoms with E-state index in [-0.39, 0.29) is 12.3 Å². The zero-order chi connectivity index (χ0) is 19.6. The summed E-state index contributed by atoms with van der Waals surface area (Å²) in [6, 6.07) is 5.36. The predicted molar refractivity (Wildman–Crippen MR) is 102 cm³/mol. The van der Waals surface area contributed by atoms with Crippen LogP contribution in [0.15, 0.2) is 18.2 Å². The maximum absolute atomic E-state index is 12.6. The molecule has 0 radical (unpaired) electrons. The molecular formula is C19H26ClN3O4. The van der Waals surface area contributed by atoms with E-state index in [1.165, 1.54) is 0 Å². The summed E-state index contributed by atoms with van der Waals surface area (Å²) in [7, 11) is 1.62. The zero-order valence-electron chi connectivity index (χ0n) is 15.6. The van der Waals surface area contributed by atoms with Crippen LogP contribution in [0.5, 0.6) is 5.75 Å². The highest BCUT2D eigenvalue weighted by molar-refractivity contribution is 6.32. The number of amides is 3. The highest BCUT2D eigenvalue weighted by Crippen LogP contribution is 2.38. The summed E-state index contributed by atoms with van der Waals surface area (Å²) < 4.78 is 5.45. The van der Waals surface area contributed by atoms with E-state index in [1.807, 2.05) is 23.1 Å². The molecule has 2 aliphatic heterocycles. The first-order valence-corrected chi connectivity index (χ1v) is 9.59. The van der Waals surface area contributed by atoms with Crippen molar-refractivity contribution in [3.05, 3.63) is 28.8 Å². The summed E-state index contributed by atoms with van der Waals surface area (Å²) in [6.45, 7) is 3.08. The molecule has 8 heteroatoms. The van der Waals surface area contributed by atoms with Gasteiger partial charge in [-0.1, -0.05) is 23.7 Å². The van der Waals surface area contributed by atoms with E-state index in [0.29, 0.717) is 30.5 Å². The summed E-state index contributed by atoms with van der Waals surface area (Å²) in [6.07, 6.45) is 1.37. The van der Waals surface area contributed by atoms with Gasteiger partial charge in [0.1, 0.15) is 5.75 Å². The summed E-state index contributed by atoms with van der Waals surface area (Å²) >= 11 is 6.22. The molecule has 0 aliphatic carbocycles. The minimum atomic E-state index is -0.987. The summed E-state index contributed by atoms with van der Waals surface area (Å²) in [5, 5.41) is 15.6. The molecule has 0 saturated carbocycles. The molecule has 2 atom stereocenters. The number of aliphatic hydroxyl groups is 1. The number of nitrogens with one attached hydrogen (secondary N) is 2. The first kappa shape index (κ1) is 19.8. The van der Waals surface area contributed by atoms with Gasteiger partial charge in [-0.25, -0.2) is 4.79 Å². The van der Waals surface area contributed by atoms with Crippen LogP contribution in [0.3, 0.4) is 0 Å². The molecule has 0 aromatic heterocycles. The van der Waals surface area contributed by atoms with Crippen LogP contribution < -0.4 is 15.4 Å². The lowest BCUT2D eigenvalue weighted by molar-refractivity contribution is -0.132. The maximum atomic E-state index is 12.6. The third kappa shape index (κ3) is 4.14. The average molecular weight is 396 g/mol. The van der Waals surface area contributed by atoms with Crippen LogP contribution in [0.4, 0.5) is 4.79 Å². The van der Waals surface area contributed by atoms with Crippen LogP contribution in [0.25, 0.3) is 0 Å². The van der Waals surface area contributed by atoms with Gasteiger partial charge in [-0.2, -0.15) is 0 Å². The van der Waals surface area contributed by atoms with Crippen molar-refractivity contribution in [2.75, 3.05) is 20.2 Å². The lowest BCUT2D eigenvalue weighted by atomic mass is 9.88. The van der Waals surface area contributed by atoms with Crippen molar-refractivity contribution in [3.63, 3.8) is 0 Å². The van der Waals surface area contributed by atoms with Crippen LogP contribution in [-0.4, -0.2) is 53.9 Å². The average Bonchev–Trinajstić information content (AvgIpc) is 2.91. The molecular weight excluding hydrogens is 370 g/mol. The van der Waals surface area contributed by atoms with Crippen LogP contribution in [0.1, 0.15) is 44.1 Å². The predicted octanol–water partition coefficient (Wildman–Crippen LogP) is 2.22. The van der Waals surface area contributed by atoms with Gasteiger partial charge in [-0.3, -0.25) is 4.79 Å². The Morgan fingerprint density at radius 2 is 2.11 bits per heavy atom. The number of nitrogens with zero attached hydrogens (tertiary/aromatic N) is 1. The van der Waals surface area contributed by atoms with Crippen molar-refractivity contribution in [2.24, 2.45) is 0 Å². The molecule has 3 rings (SSSR count). The van der Waals surface area contributed by atoms with Gasteiger partial charge in [0.2, 0.25) is 5.91 Å². The standard InChI is InChI=1S/C19H26ClN3O4/c1-19(17(25)21-18(26)22-19)9-6-15(24)23-10-7-12(8-11-23)13-4-3-5-14(20)16(13)27-2/h3-5,12,17,25H,6-11H2,1-2H3,(H2,21,22,26)/t17?,19-/m1/s1. The first-order chi connectivity index (χ1) is 12.8. The third-order valence-corrected chi connectivity index (χ3v) is 5.92. The second kappa shape index (κ2) is 7.94. The fraction of sp³-hybridized carbons (Fsp3) is 0.579. The molecule has 3 amide bonds. The zero-order valence-corrected chi connectivity index (χ0v) is 16.4. The van der Waals surface area contributed by atoms with E-state index in [0.717, 1.165) is 24.2 Å². The number of urea groups is 1. The Morgan fingerprint density at radius 1 is 1.41 bits per heavy atom. The topological polar surface area (TPSA) is 90.9 Å². The van der Waals surface area contributed by atoms with Gasteiger partial charge >= 0.3 is 6.03 Å². The quantitative estimate of drug-likeness (QED) is 0.713. The van der Waals surface area contributed by atoms with Crippen LogP contribution in [-0.2, 0) is 4.79 Å². The van der Waals surface area contributed by atoms with Crippen molar-refractivity contribution >= 4 is 23.5 Å². The molecule has 2 aliphatic rings. The number of benzene rings is 1. The highest BCUT2D eigenvalue weighted by Gasteiger charge is 2.42. The van der Waals surface area contributed by atoms with Gasteiger partial charge in [0.05, 0.1) is 17.7 Å². The summed E-state index contributed by atoms with van der Waals surface area (Å²) in [5.74, 6) is 1.07. The lowest BCUT2D eigenvalue weighted by Gasteiger charge is -2.34. The Balaban J connectivity index is 1.54. The minimum absolute atomic E-state index is 0.0427. The van der Waals surface area contributed by atoms with Crippen molar-refractivity contribution < 1.29 is 19.4 Å². The lowest BCUT2D eigenvalue weighted by Crippen LogP contribution is -2.48. The third-order valence-electron chi connectivity index (χ3n) is 5.62. The van der Waals surface area contributed by atoms with Crippen molar-refractivity contribution in [1.29, 1.82) is 0 Å². The second-order valence-corrected chi connectivity index (χ2v) is 7.84. The number of hydrogen-bond donors (Lipinski definition) is 3. The molecule has 2 saturated heterocycles. The molecule has 148 valence electrons. The van der Waals surface area contributed by atoms with E-state index in [1.54, 1.807) is 14.0 Å².